The summed E-state index contributed by atoms with van der Waals surface area (Å²) in [6.45, 7) is 4.51. The molecule has 0 aliphatic heterocycles. The number of nitrogens with zero attached hydrogens (tertiary/aromatic N) is 1. The van der Waals surface area contributed by atoms with Crippen LogP contribution in [0.5, 0.6) is 5.75 Å². The van der Waals surface area contributed by atoms with E-state index in [1.54, 1.807) is 13.0 Å². The fraction of sp³-hybridized carbons (Fsp3) is 0.538. The van der Waals surface area contributed by atoms with Crippen molar-refractivity contribution >= 4 is 5.69 Å². The van der Waals surface area contributed by atoms with Gasteiger partial charge in [0.05, 0.1) is 23.7 Å². The Labute approximate surface area is 112 Å². The number of hydrogen-bond acceptors (Lipinski definition) is 5. The minimum absolute atomic E-state index is 0.00148. The van der Waals surface area contributed by atoms with Gasteiger partial charge in [0.25, 0.3) is 5.69 Å². The van der Waals surface area contributed by atoms with Crippen molar-refractivity contribution < 1.29 is 14.8 Å². The Bertz CT molecular complexity index is 446. The van der Waals surface area contributed by atoms with Crippen molar-refractivity contribution in [3.05, 3.63) is 33.9 Å². The monoisotopic (exact) mass is 268 g/mol. The van der Waals surface area contributed by atoms with Crippen LogP contribution in [0.15, 0.2) is 18.2 Å². The average Bonchev–Trinajstić information content (AvgIpc) is 2.38. The van der Waals surface area contributed by atoms with Crippen LogP contribution >= 0.6 is 0 Å². The van der Waals surface area contributed by atoms with Crippen LogP contribution in [0, 0.1) is 10.1 Å². The zero-order chi connectivity index (χ0) is 14.5. The first-order chi connectivity index (χ1) is 8.88. The molecule has 0 aliphatic carbocycles. The molecule has 0 radical (unpaired) electrons. The van der Waals surface area contributed by atoms with E-state index in [2.05, 4.69) is 5.32 Å². The summed E-state index contributed by atoms with van der Waals surface area (Å²) in [4.78, 5) is 10.3. The molecule has 6 nitrogen and oxygen atoms in total. The lowest BCUT2D eigenvalue weighted by Gasteiger charge is -2.21. The molecular formula is C13H20N2O4. The molecule has 0 aliphatic rings. The van der Waals surface area contributed by atoms with Gasteiger partial charge in [0.1, 0.15) is 5.75 Å². The number of nitro groups is 1. The van der Waals surface area contributed by atoms with Crippen LogP contribution in [0.2, 0.25) is 0 Å². The van der Waals surface area contributed by atoms with Gasteiger partial charge in [-0.05, 0) is 25.0 Å². The Morgan fingerprint density at radius 2 is 2.16 bits per heavy atom. The Balaban J connectivity index is 2.72. The number of hydrogen-bond donors (Lipinski definition) is 2. The third-order valence-corrected chi connectivity index (χ3v) is 2.99. The van der Waals surface area contributed by atoms with E-state index in [1.807, 2.05) is 6.92 Å². The van der Waals surface area contributed by atoms with Gasteiger partial charge in [0, 0.05) is 19.2 Å². The molecule has 0 bridgehead atoms. The van der Waals surface area contributed by atoms with Crippen LogP contribution in [0.25, 0.3) is 0 Å². The molecule has 106 valence electrons. The predicted octanol–water partition coefficient (Wildman–Crippen LogP) is 1.85. The standard InChI is InChI=1S/C13H20N2O4/c1-4-13(2,16)9-14-8-10-5-11(15(17)18)7-12(6-10)19-3/h5-7,14,16H,4,8-9H2,1-3H3. The smallest absolute Gasteiger partial charge is 0.273 e. The van der Waals surface area contributed by atoms with Crippen molar-refractivity contribution in [2.24, 2.45) is 0 Å². The van der Waals surface area contributed by atoms with Crippen molar-refractivity contribution in [3.8, 4) is 5.75 Å². The largest absolute Gasteiger partial charge is 0.496 e. The summed E-state index contributed by atoms with van der Waals surface area (Å²) < 4.78 is 5.03. The van der Waals surface area contributed by atoms with Crippen molar-refractivity contribution in [2.75, 3.05) is 13.7 Å². The number of non-ortho nitro benzene ring substituents is 1. The van der Waals surface area contributed by atoms with Crippen LogP contribution < -0.4 is 10.1 Å². The molecule has 0 spiro atoms. The van der Waals surface area contributed by atoms with Gasteiger partial charge in [-0.3, -0.25) is 10.1 Å². The first-order valence-electron chi connectivity index (χ1n) is 6.13. The van der Waals surface area contributed by atoms with Crippen LogP contribution in [0.4, 0.5) is 5.69 Å². The molecule has 0 fully saturated rings. The molecule has 1 aromatic carbocycles. The molecule has 2 N–H and O–H groups in total. The number of methoxy groups -OCH3 is 1. The zero-order valence-electron chi connectivity index (χ0n) is 11.5. The van der Waals surface area contributed by atoms with Crippen molar-refractivity contribution in [2.45, 2.75) is 32.4 Å². The molecule has 1 atom stereocenters. The van der Waals surface area contributed by atoms with E-state index in [0.717, 1.165) is 5.56 Å². The van der Waals surface area contributed by atoms with Crippen molar-refractivity contribution in [1.29, 1.82) is 0 Å². The van der Waals surface area contributed by atoms with Crippen molar-refractivity contribution in [3.63, 3.8) is 0 Å². The third-order valence-electron chi connectivity index (χ3n) is 2.99. The van der Waals surface area contributed by atoms with Gasteiger partial charge in [-0.25, -0.2) is 0 Å². The van der Waals surface area contributed by atoms with Gasteiger partial charge in [0.2, 0.25) is 0 Å². The molecule has 19 heavy (non-hydrogen) atoms. The van der Waals surface area contributed by atoms with Gasteiger partial charge in [-0.15, -0.1) is 0 Å². The lowest BCUT2D eigenvalue weighted by Crippen LogP contribution is -2.36. The molecule has 1 unspecified atom stereocenters. The lowest BCUT2D eigenvalue weighted by molar-refractivity contribution is -0.385. The van der Waals surface area contributed by atoms with Crippen LogP contribution in [0.1, 0.15) is 25.8 Å². The number of benzene rings is 1. The number of ether oxygens (including phenoxy) is 1. The summed E-state index contributed by atoms with van der Waals surface area (Å²) in [5.74, 6) is 0.452. The highest BCUT2D eigenvalue weighted by Crippen LogP contribution is 2.22. The molecule has 0 amide bonds. The molecule has 0 heterocycles. The summed E-state index contributed by atoms with van der Waals surface area (Å²) >= 11 is 0. The maximum atomic E-state index is 10.8. The second-order valence-corrected chi connectivity index (χ2v) is 4.75. The van der Waals surface area contributed by atoms with Crippen LogP contribution in [-0.2, 0) is 6.54 Å². The topological polar surface area (TPSA) is 84.6 Å². The molecule has 0 saturated carbocycles. The Hall–Kier alpha value is -1.66. The summed E-state index contributed by atoms with van der Waals surface area (Å²) in [6, 6.07) is 4.61. The first kappa shape index (κ1) is 15.4. The van der Waals surface area contributed by atoms with Crippen LogP contribution in [-0.4, -0.2) is 29.3 Å². The number of nitro benzene ring substituents is 1. The fourth-order valence-electron chi connectivity index (χ4n) is 1.57. The average molecular weight is 268 g/mol. The molecule has 0 saturated heterocycles. The Kier molecular flexibility index (Phi) is 5.26. The summed E-state index contributed by atoms with van der Waals surface area (Å²) in [5.41, 5.74) is -0.0264. The van der Waals surface area contributed by atoms with Gasteiger partial charge in [0.15, 0.2) is 0 Å². The Morgan fingerprint density at radius 1 is 1.47 bits per heavy atom. The van der Waals surface area contributed by atoms with Gasteiger partial charge in [-0.1, -0.05) is 6.92 Å². The zero-order valence-corrected chi connectivity index (χ0v) is 11.5. The van der Waals surface area contributed by atoms with Gasteiger partial charge in [-0.2, -0.15) is 0 Å². The van der Waals surface area contributed by atoms with E-state index in [1.165, 1.54) is 19.2 Å². The van der Waals surface area contributed by atoms with E-state index in [0.29, 0.717) is 25.3 Å². The maximum absolute atomic E-state index is 10.8. The first-order valence-corrected chi connectivity index (χ1v) is 6.13. The highest BCUT2D eigenvalue weighted by molar-refractivity contribution is 5.42. The highest BCUT2D eigenvalue weighted by atomic mass is 16.6. The van der Waals surface area contributed by atoms with Gasteiger partial charge >= 0.3 is 0 Å². The molecule has 1 aromatic rings. The molecule has 0 aromatic heterocycles. The number of rotatable bonds is 7. The predicted molar refractivity (Wildman–Crippen MR) is 72.3 cm³/mol. The second-order valence-electron chi connectivity index (χ2n) is 4.75. The van der Waals surface area contributed by atoms with E-state index in [9.17, 15) is 15.2 Å². The summed E-state index contributed by atoms with van der Waals surface area (Å²) in [5, 5.41) is 23.7. The van der Waals surface area contributed by atoms with E-state index in [4.69, 9.17) is 4.74 Å². The molecule has 6 heteroatoms. The number of aliphatic hydroxyl groups is 1. The normalized spacial score (nSPS) is 13.9. The molecule has 1 rings (SSSR count). The summed E-state index contributed by atoms with van der Waals surface area (Å²) in [7, 11) is 1.47. The Morgan fingerprint density at radius 3 is 2.68 bits per heavy atom. The quantitative estimate of drug-likeness (QED) is 0.582. The van der Waals surface area contributed by atoms with Crippen molar-refractivity contribution in [1.82, 2.24) is 5.32 Å². The minimum atomic E-state index is -0.773. The number of nitrogens with one attached hydrogen (secondary N) is 1. The maximum Gasteiger partial charge on any atom is 0.273 e. The van der Waals surface area contributed by atoms with Gasteiger partial charge < -0.3 is 15.2 Å². The fourth-order valence-corrected chi connectivity index (χ4v) is 1.57. The van der Waals surface area contributed by atoms with E-state index >= 15 is 0 Å². The second kappa shape index (κ2) is 6.49. The van der Waals surface area contributed by atoms with E-state index in [-0.39, 0.29) is 5.69 Å². The minimum Gasteiger partial charge on any atom is -0.496 e. The highest BCUT2D eigenvalue weighted by Gasteiger charge is 2.17. The lowest BCUT2D eigenvalue weighted by atomic mass is 10.0. The summed E-state index contributed by atoms with van der Waals surface area (Å²) in [6.07, 6.45) is 0.637. The SMILES string of the molecule is CCC(C)(O)CNCc1cc(OC)cc([N+](=O)[O-])c1. The molecular weight excluding hydrogens is 248 g/mol. The van der Waals surface area contributed by atoms with E-state index < -0.39 is 10.5 Å². The van der Waals surface area contributed by atoms with Crippen LogP contribution in [0.3, 0.4) is 0 Å². The third kappa shape index (κ3) is 4.84.